The van der Waals surface area contributed by atoms with Crippen molar-refractivity contribution in [1.82, 2.24) is 14.9 Å². The lowest BCUT2D eigenvalue weighted by atomic mass is 10.1. The number of carbonyl (C=O) groups is 2. The monoisotopic (exact) mass is 349 g/mol. The van der Waals surface area contributed by atoms with Gasteiger partial charge < -0.3 is 15.0 Å². The third kappa shape index (κ3) is 3.97. The molecule has 0 aliphatic heterocycles. The normalized spacial score (nSPS) is 11.1. The van der Waals surface area contributed by atoms with Gasteiger partial charge in [0.1, 0.15) is 5.82 Å². The summed E-state index contributed by atoms with van der Waals surface area (Å²) in [6, 6.07) is 14.2. The molecule has 3 rings (SSSR count). The highest BCUT2D eigenvalue weighted by molar-refractivity contribution is 5.92. The highest BCUT2D eigenvalue weighted by Crippen LogP contribution is 2.14. The fourth-order valence-electron chi connectivity index (χ4n) is 2.68. The Hall–Kier alpha value is -3.41. The number of aromatic carboxylic acids is 1. The molecule has 1 amide bonds. The van der Waals surface area contributed by atoms with Crippen molar-refractivity contribution < 1.29 is 14.7 Å². The van der Waals surface area contributed by atoms with Crippen LogP contribution in [0.1, 0.15) is 21.7 Å². The van der Waals surface area contributed by atoms with Gasteiger partial charge in [-0.3, -0.25) is 4.79 Å². The van der Waals surface area contributed by atoms with E-state index in [4.69, 9.17) is 5.11 Å². The average Bonchev–Trinajstić information content (AvgIpc) is 2.96. The molecule has 1 heterocycles. The second-order valence-electron chi connectivity index (χ2n) is 5.88. The average molecular weight is 349 g/mol. The van der Waals surface area contributed by atoms with Gasteiger partial charge in [-0.25, -0.2) is 9.78 Å². The van der Waals surface area contributed by atoms with Crippen molar-refractivity contribution >= 4 is 29.0 Å². The number of carboxylic acid groups (broad SMARTS) is 1. The van der Waals surface area contributed by atoms with E-state index in [9.17, 15) is 9.59 Å². The van der Waals surface area contributed by atoms with Crippen LogP contribution in [0.2, 0.25) is 0 Å². The van der Waals surface area contributed by atoms with Crippen molar-refractivity contribution in [2.45, 2.75) is 6.42 Å². The van der Waals surface area contributed by atoms with Gasteiger partial charge in [0, 0.05) is 26.1 Å². The lowest BCUT2D eigenvalue weighted by molar-refractivity contribution is -0.116. The number of carboxylic acids is 1. The predicted octanol–water partition coefficient (Wildman–Crippen LogP) is 2.64. The number of imidazole rings is 1. The number of amides is 1. The van der Waals surface area contributed by atoms with E-state index in [0.717, 1.165) is 22.4 Å². The Morgan fingerprint density at radius 1 is 1.15 bits per heavy atom. The van der Waals surface area contributed by atoms with Crippen molar-refractivity contribution in [2.75, 3.05) is 6.54 Å². The van der Waals surface area contributed by atoms with Crippen LogP contribution in [0, 0.1) is 0 Å². The molecule has 132 valence electrons. The number of rotatable bonds is 6. The minimum atomic E-state index is -0.972. The summed E-state index contributed by atoms with van der Waals surface area (Å²) in [7, 11) is 1.97. The maximum atomic E-state index is 11.9. The summed E-state index contributed by atoms with van der Waals surface area (Å²) in [6.07, 6.45) is 3.72. The van der Waals surface area contributed by atoms with Gasteiger partial charge in [0.15, 0.2) is 0 Å². The minimum Gasteiger partial charge on any atom is -0.478 e. The number of aryl methyl sites for hydroxylation is 1. The smallest absolute Gasteiger partial charge is 0.335 e. The van der Waals surface area contributed by atoms with E-state index < -0.39 is 5.97 Å². The lowest BCUT2D eigenvalue weighted by Crippen LogP contribution is -2.24. The standard InChI is InChI=1S/C20H19N3O3/c1-23-17-5-3-2-4-16(17)22-18(23)12-13-21-19(24)11-8-14-6-9-15(10-7-14)20(25)26/h2-11H,12-13H2,1H3,(H,21,24)(H,25,26). The summed E-state index contributed by atoms with van der Waals surface area (Å²) in [6.45, 7) is 0.484. The Morgan fingerprint density at radius 3 is 2.58 bits per heavy atom. The van der Waals surface area contributed by atoms with Crippen molar-refractivity contribution in [3.8, 4) is 0 Å². The van der Waals surface area contributed by atoms with Crippen molar-refractivity contribution in [2.24, 2.45) is 7.05 Å². The molecule has 0 atom stereocenters. The minimum absolute atomic E-state index is 0.203. The first-order valence-electron chi connectivity index (χ1n) is 8.24. The number of benzene rings is 2. The van der Waals surface area contributed by atoms with Crippen LogP contribution < -0.4 is 5.32 Å². The van der Waals surface area contributed by atoms with Gasteiger partial charge in [-0.05, 0) is 35.9 Å². The molecule has 0 aliphatic carbocycles. The van der Waals surface area contributed by atoms with Gasteiger partial charge in [-0.1, -0.05) is 24.3 Å². The van der Waals surface area contributed by atoms with Crippen LogP contribution in [0.25, 0.3) is 17.1 Å². The van der Waals surface area contributed by atoms with E-state index in [1.165, 1.54) is 18.2 Å². The Kier molecular flexibility index (Phi) is 5.12. The molecule has 2 aromatic carbocycles. The Balaban J connectivity index is 1.53. The Morgan fingerprint density at radius 2 is 1.88 bits per heavy atom. The molecule has 0 bridgehead atoms. The van der Waals surface area contributed by atoms with E-state index in [1.54, 1.807) is 18.2 Å². The van der Waals surface area contributed by atoms with E-state index in [2.05, 4.69) is 10.3 Å². The molecular weight excluding hydrogens is 330 g/mol. The summed E-state index contributed by atoms with van der Waals surface area (Å²) in [5.41, 5.74) is 2.99. The van der Waals surface area contributed by atoms with Crippen molar-refractivity contribution in [3.63, 3.8) is 0 Å². The zero-order valence-corrected chi connectivity index (χ0v) is 14.3. The van der Waals surface area contributed by atoms with Crippen LogP contribution >= 0.6 is 0 Å². The topological polar surface area (TPSA) is 84.2 Å². The number of fused-ring (bicyclic) bond motifs is 1. The van der Waals surface area contributed by atoms with Gasteiger partial charge in [0.05, 0.1) is 16.6 Å². The molecule has 0 radical (unpaired) electrons. The highest BCUT2D eigenvalue weighted by atomic mass is 16.4. The maximum Gasteiger partial charge on any atom is 0.335 e. The molecule has 26 heavy (non-hydrogen) atoms. The molecule has 0 saturated heterocycles. The van der Waals surface area contributed by atoms with E-state index in [1.807, 2.05) is 35.9 Å². The molecule has 0 aliphatic rings. The second kappa shape index (κ2) is 7.65. The first-order valence-corrected chi connectivity index (χ1v) is 8.24. The highest BCUT2D eigenvalue weighted by Gasteiger charge is 2.07. The first kappa shape index (κ1) is 17.4. The first-order chi connectivity index (χ1) is 12.5. The number of hydrogen-bond donors (Lipinski definition) is 2. The van der Waals surface area contributed by atoms with Crippen LogP contribution in [0.3, 0.4) is 0 Å². The van der Waals surface area contributed by atoms with Crippen molar-refractivity contribution in [1.29, 1.82) is 0 Å². The van der Waals surface area contributed by atoms with Gasteiger partial charge in [0.2, 0.25) is 5.91 Å². The Bertz CT molecular complexity index is 972. The van der Waals surface area contributed by atoms with Gasteiger partial charge >= 0.3 is 5.97 Å². The number of aromatic nitrogens is 2. The molecule has 6 heteroatoms. The third-order valence-corrected chi connectivity index (χ3v) is 4.11. The quantitative estimate of drug-likeness (QED) is 0.670. The predicted molar refractivity (Wildman–Crippen MR) is 99.9 cm³/mol. The largest absolute Gasteiger partial charge is 0.478 e. The van der Waals surface area contributed by atoms with E-state index in [-0.39, 0.29) is 11.5 Å². The zero-order valence-electron chi connectivity index (χ0n) is 14.3. The molecule has 6 nitrogen and oxygen atoms in total. The van der Waals surface area contributed by atoms with Crippen LogP contribution in [-0.4, -0.2) is 33.1 Å². The van der Waals surface area contributed by atoms with Crippen molar-refractivity contribution in [3.05, 3.63) is 71.6 Å². The van der Waals surface area contributed by atoms with E-state index >= 15 is 0 Å². The number of hydrogen-bond acceptors (Lipinski definition) is 3. The van der Waals surface area contributed by atoms with Gasteiger partial charge in [-0.15, -0.1) is 0 Å². The lowest BCUT2D eigenvalue weighted by Gasteiger charge is -2.03. The fraction of sp³-hybridized carbons (Fsp3) is 0.150. The summed E-state index contributed by atoms with van der Waals surface area (Å²) < 4.78 is 2.03. The molecule has 0 saturated carbocycles. The fourth-order valence-corrected chi connectivity index (χ4v) is 2.68. The number of nitrogens with one attached hydrogen (secondary N) is 1. The molecule has 0 unspecified atom stereocenters. The molecular formula is C20H19N3O3. The van der Waals surface area contributed by atoms with E-state index in [0.29, 0.717) is 13.0 Å². The molecule has 0 fully saturated rings. The number of carbonyl (C=O) groups excluding carboxylic acids is 1. The molecule has 1 aromatic heterocycles. The summed E-state index contributed by atoms with van der Waals surface area (Å²) in [4.78, 5) is 27.3. The number of nitrogens with zero attached hydrogens (tertiary/aromatic N) is 2. The SMILES string of the molecule is Cn1c(CCNC(=O)C=Cc2ccc(C(=O)O)cc2)nc2ccccc21. The summed E-state index contributed by atoms with van der Waals surface area (Å²) in [5, 5.41) is 11.7. The van der Waals surface area contributed by atoms with Crippen LogP contribution in [-0.2, 0) is 18.3 Å². The number of para-hydroxylation sites is 2. The van der Waals surface area contributed by atoms with Crippen LogP contribution in [0.5, 0.6) is 0 Å². The van der Waals surface area contributed by atoms with Gasteiger partial charge in [0.25, 0.3) is 0 Å². The van der Waals surface area contributed by atoms with Gasteiger partial charge in [-0.2, -0.15) is 0 Å². The molecule has 0 spiro atoms. The second-order valence-corrected chi connectivity index (χ2v) is 5.88. The molecule has 2 N–H and O–H groups in total. The van der Waals surface area contributed by atoms with Crippen LogP contribution in [0.15, 0.2) is 54.6 Å². The maximum absolute atomic E-state index is 11.9. The zero-order chi connectivity index (χ0) is 18.5. The molecule has 3 aromatic rings. The summed E-state index contributed by atoms with van der Waals surface area (Å²) >= 11 is 0. The van der Waals surface area contributed by atoms with Crippen LogP contribution in [0.4, 0.5) is 0 Å². The third-order valence-electron chi connectivity index (χ3n) is 4.11. The summed E-state index contributed by atoms with van der Waals surface area (Å²) in [5.74, 6) is -0.258. The Labute approximate surface area is 150 Å².